The zero-order valence-electron chi connectivity index (χ0n) is 25.1. The predicted molar refractivity (Wildman–Crippen MR) is 152 cm³/mol. The molecule has 12 nitrogen and oxygen atoms in total. The third-order valence-electron chi connectivity index (χ3n) is 8.03. The Hall–Kier alpha value is -3.77. The molecule has 4 amide bonds. The largest absolute Gasteiger partial charge is 0.444 e. The summed E-state index contributed by atoms with van der Waals surface area (Å²) in [6, 6.07) is -0.574. The van der Waals surface area contributed by atoms with E-state index < -0.39 is 41.6 Å². The van der Waals surface area contributed by atoms with Gasteiger partial charge in [0.2, 0.25) is 17.6 Å². The quantitative estimate of drug-likeness (QED) is 0.469. The molecule has 1 N–H and O–H groups in total. The molecule has 13 heteroatoms. The Morgan fingerprint density at radius 3 is 2.52 bits per heavy atom. The first-order chi connectivity index (χ1) is 19.9. The fraction of sp³-hybridized carbons (Fsp3) is 0.655. The van der Waals surface area contributed by atoms with Crippen LogP contribution in [0.5, 0.6) is 0 Å². The van der Waals surface area contributed by atoms with Gasteiger partial charge in [-0.05, 0) is 65.4 Å². The normalized spacial score (nSPS) is 19.3. The molecule has 0 unspecified atom stereocenters. The number of carbonyl (C=O) groups excluding carboxylic acids is 4. The van der Waals surface area contributed by atoms with Gasteiger partial charge in [-0.1, -0.05) is 23.7 Å². The van der Waals surface area contributed by atoms with Crippen molar-refractivity contribution in [3.63, 3.8) is 0 Å². The number of carbonyl (C=O) groups is 4. The molecule has 1 saturated heterocycles. The third-order valence-corrected chi connectivity index (χ3v) is 8.03. The first kappa shape index (κ1) is 31.2. The number of rotatable bonds is 8. The van der Waals surface area contributed by atoms with Crippen molar-refractivity contribution in [3.8, 4) is 0 Å². The minimum atomic E-state index is -0.907. The highest BCUT2D eigenvalue weighted by Gasteiger charge is 2.40. The minimum absolute atomic E-state index is 0.0796. The SMILES string of the molecule is C[C@@H](C(=O)N[C@H](C(=O)N1CCC[C@H]1CN(F)C(=O)c1cn2cccnc2n1)C1CCCCC1)N(C)C(=O)OC(C)(C)C. The molecule has 0 bridgehead atoms. The Bertz CT molecular complexity index is 1260. The van der Waals surface area contributed by atoms with Crippen LogP contribution in [0.15, 0.2) is 24.7 Å². The van der Waals surface area contributed by atoms with Gasteiger partial charge >= 0.3 is 12.0 Å². The van der Waals surface area contributed by atoms with Gasteiger partial charge in [0.15, 0.2) is 5.69 Å². The van der Waals surface area contributed by atoms with Crippen molar-refractivity contribution in [2.75, 3.05) is 20.1 Å². The third kappa shape index (κ3) is 7.35. The van der Waals surface area contributed by atoms with Crippen LogP contribution in [0.2, 0.25) is 0 Å². The summed E-state index contributed by atoms with van der Waals surface area (Å²) in [5.41, 5.74) is -0.803. The van der Waals surface area contributed by atoms with E-state index in [4.69, 9.17) is 4.74 Å². The topological polar surface area (TPSA) is 129 Å². The van der Waals surface area contributed by atoms with E-state index in [1.165, 1.54) is 28.7 Å². The number of imidazole rings is 1. The Balaban J connectivity index is 1.45. The van der Waals surface area contributed by atoms with E-state index >= 15 is 4.48 Å². The number of likely N-dealkylation sites (tertiary alicyclic amines) is 1. The number of fused-ring (bicyclic) bond motifs is 1. The van der Waals surface area contributed by atoms with Crippen molar-refractivity contribution in [3.05, 3.63) is 30.4 Å². The molecule has 42 heavy (non-hydrogen) atoms. The van der Waals surface area contributed by atoms with Crippen LogP contribution in [0.25, 0.3) is 5.78 Å². The maximum Gasteiger partial charge on any atom is 0.410 e. The Morgan fingerprint density at radius 2 is 1.86 bits per heavy atom. The van der Waals surface area contributed by atoms with Gasteiger partial charge in [0.1, 0.15) is 17.7 Å². The first-order valence-corrected chi connectivity index (χ1v) is 14.7. The van der Waals surface area contributed by atoms with Crippen LogP contribution >= 0.6 is 0 Å². The molecular formula is C29H42FN7O5. The molecule has 1 saturated carbocycles. The Kier molecular flexibility index (Phi) is 9.67. The summed E-state index contributed by atoms with van der Waals surface area (Å²) in [5, 5.41) is 3.03. The number of aromatic nitrogens is 3. The van der Waals surface area contributed by atoms with E-state index in [-0.39, 0.29) is 35.0 Å². The molecule has 1 aliphatic heterocycles. The van der Waals surface area contributed by atoms with Gasteiger partial charge in [0, 0.05) is 32.2 Å². The van der Waals surface area contributed by atoms with Crippen molar-refractivity contribution in [1.29, 1.82) is 0 Å². The summed E-state index contributed by atoms with van der Waals surface area (Å²) in [6.45, 7) is 6.91. The summed E-state index contributed by atoms with van der Waals surface area (Å²) in [7, 11) is 1.48. The molecular weight excluding hydrogens is 545 g/mol. The van der Waals surface area contributed by atoms with Gasteiger partial charge in [-0.25, -0.2) is 14.8 Å². The summed E-state index contributed by atoms with van der Waals surface area (Å²) >= 11 is 0. The summed E-state index contributed by atoms with van der Waals surface area (Å²) in [5.74, 6) is -1.46. The number of likely N-dealkylation sites (N-methyl/N-ethyl adjacent to an activating group) is 1. The number of hydrogen-bond acceptors (Lipinski definition) is 7. The molecule has 230 valence electrons. The van der Waals surface area contributed by atoms with E-state index in [0.717, 1.165) is 32.1 Å². The van der Waals surface area contributed by atoms with Crippen LogP contribution in [0, 0.1) is 5.92 Å². The molecule has 1 aliphatic carbocycles. The van der Waals surface area contributed by atoms with Crippen LogP contribution in [-0.2, 0) is 14.3 Å². The van der Waals surface area contributed by atoms with Crippen LogP contribution in [0.1, 0.15) is 83.1 Å². The average molecular weight is 588 g/mol. The number of halogens is 1. The average Bonchev–Trinajstić information content (AvgIpc) is 3.60. The minimum Gasteiger partial charge on any atom is -0.444 e. The van der Waals surface area contributed by atoms with Crippen molar-refractivity contribution in [2.45, 2.75) is 96.4 Å². The Morgan fingerprint density at radius 1 is 1.14 bits per heavy atom. The van der Waals surface area contributed by atoms with Crippen LogP contribution in [0.4, 0.5) is 9.28 Å². The van der Waals surface area contributed by atoms with Gasteiger partial charge < -0.3 is 15.0 Å². The molecule has 2 aromatic rings. The highest BCUT2D eigenvalue weighted by atomic mass is 19.2. The van der Waals surface area contributed by atoms with E-state index in [2.05, 4.69) is 15.3 Å². The second-order valence-electron chi connectivity index (χ2n) is 12.3. The second kappa shape index (κ2) is 13.0. The molecule has 4 rings (SSSR count). The zero-order chi connectivity index (χ0) is 30.6. The molecule has 0 aromatic carbocycles. The summed E-state index contributed by atoms with van der Waals surface area (Å²) in [4.78, 5) is 63.7. The highest BCUT2D eigenvalue weighted by Crippen LogP contribution is 2.30. The van der Waals surface area contributed by atoms with Crippen LogP contribution in [-0.4, -0.2) is 97.0 Å². The molecule has 0 spiro atoms. The number of nitrogens with one attached hydrogen (secondary N) is 1. The van der Waals surface area contributed by atoms with Crippen molar-refractivity contribution in [1.82, 2.24) is 34.6 Å². The molecule has 2 aliphatic rings. The van der Waals surface area contributed by atoms with E-state index in [9.17, 15) is 19.2 Å². The zero-order valence-corrected chi connectivity index (χ0v) is 25.1. The predicted octanol–water partition coefficient (Wildman–Crippen LogP) is 3.37. The van der Waals surface area contributed by atoms with E-state index in [1.807, 2.05) is 0 Å². The number of amides is 4. The van der Waals surface area contributed by atoms with Gasteiger partial charge in [-0.2, -0.15) is 5.12 Å². The number of nitrogens with zero attached hydrogens (tertiary/aromatic N) is 6. The van der Waals surface area contributed by atoms with Gasteiger partial charge in [0.05, 0.1) is 12.6 Å². The van der Waals surface area contributed by atoms with Crippen molar-refractivity contribution in [2.24, 2.45) is 5.92 Å². The highest BCUT2D eigenvalue weighted by molar-refractivity contribution is 5.93. The van der Waals surface area contributed by atoms with Gasteiger partial charge in [0.25, 0.3) is 0 Å². The van der Waals surface area contributed by atoms with Crippen molar-refractivity contribution >= 4 is 29.6 Å². The van der Waals surface area contributed by atoms with Gasteiger partial charge in [-0.3, -0.25) is 23.7 Å². The lowest BCUT2D eigenvalue weighted by Crippen LogP contribution is -2.58. The number of hydrogen-bond donors (Lipinski definition) is 1. The fourth-order valence-corrected chi connectivity index (χ4v) is 5.61. The van der Waals surface area contributed by atoms with E-state index in [0.29, 0.717) is 19.4 Å². The first-order valence-electron chi connectivity index (χ1n) is 14.7. The van der Waals surface area contributed by atoms with Crippen LogP contribution < -0.4 is 5.32 Å². The summed E-state index contributed by atoms with van der Waals surface area (Å²) in [6.07, 6.45) is 9.66. The van der Waals surface area contributed by atoms with Gasteiger partial charge in [-0.15, -0.1) is 0 Å². The maximum absolute atomic E-state index is 15.2. The maximum atomic E-state index is 15.2. The standard InChI is InChI=1S/C29H42FN7O5/c1-19(34(5)28(41)42-29(2,3)4)24(38)33-23(20-11-7-6-8-12-20)26(40)36-16-9-13-21(36)17-37(30)25(39)22-18-35-15-10-14-31-27(35)32-22/h10,14-15,18-21,23H,6-9,11-13,16-17H2,1-5H3,(H,33,38)/t19-,21-,23-/m0/s1. The molecule has 3 atom stereocenters. The lowest BCUT2D eigenvalue weighted by atomic mass is 9.83. The number of ether oxygens (including phenoxy) is 1. The molecule has 2 fully saturated rings. The lowest BCUT2D eigenvalue weighted by molar-refractivity contribution is -0.140. The van der Waals surface area contributed by atoms with Crippen LogP contribution in [0.3, 0.4) is 0 Å². The second-order valence-corrected chi connectivity index (χ2v) is 12.3. The van der Waals surface area contributed by atoms with Crippen molar-refractivity contribution < 1.29 is 28.4 Å². The molecule has 2 aromatic heterocycles. The monoisotopic (exact) mass is 587 g/mol. The summed E-state index contributed by atoms with van der Waals surface area (Å²) < 4.78 is 22.1. The molecule has 0 radical (unpaired) electrons. The molecule has 3 heterocycles. The Labute approximate surface area is 245 Å². The fourth-order valence-electron chi connectivity index (χ4n) is 5.61. The smallest absolute Gasteiger partial charge is 0.410 e. The van der Waals surface area contributed by atoms with E-state index in [1.54, 1.807) is 44.9 Å². The lowest BCUT2D eigenvalue weighted by Gasteiger charge is -2.36.